The maximum atomic E-state index is 14.2. The van der Waals surface area contributed by atoms with Crippen LogP contribution in [0.25, 0.3) is 0 Å². The van der Waals surface area contributed by atoms with Crippen molar-refractivity contribution < 1.29 is 19.4 Å². The average Bonchev–Trinajstić information content (AvgIpc) is 3.28. The van der Waals surface area contributed by atoms with E-state index in [0.29, 0.717) is 18.2 Å². The van der Waals surface area contributed by atoms with Crippen LogP contribution in [-0.4, -0.2) is 51.0 Å². The number of carboxylic acids is 1. The molecule has 2 aliphatic rings. The van der Waals surface area contributed by atoms with Crippen LogP contribution in [0.5, 0.6) is 5.88 Å². The summed E-state index contributed by atoms with van der Waals surface area (Å²) in [4.78, 5) is 38.2. The number of nitrogens with one attached hydrogen (secondary N) is 1. The minimum absolute atomic E-state index is 0.0325. The summed E-state index contributed by atoms with van der Waals surface area (Å²) in [7, 11) is 1.60. The van der Waals surface area contributed by atoms with Gasteiger partial charge >= 0.3 is 5.97 Å². The quantitative estimate of drug-likeness (QED) is 0.468. The molecule has 1 aromatic heterocycles. The van der Waals surface area contributed by atoms with Gasteiger partial charge in [-0.15, -0.1) is 0 Å². The van der Waals surface area contributed by atoms with E-state index in [1.54, 1.807) is 18.2 Å². The standard InChI is InChI=1S/C32H46N4O4/c1-31(2,3)23-24(33-18-22-19-34-30(32(4,5)6)35-27(22)40-7)25(20-14-10-8-11-15-20)36(26(23)29(38)39)28(37)21-16-12-9-13-17-21/h8,10-11,14-15,19,21,23-26,33H,9,12-13,16-18H2,1-7H3,(H,38,39)/t23-,24-,25-,26-/m0/s1. The Labute approximate surface area is 238 Å². The third kappa shape index (κ3) is 6.17. The molecule has 0 spiro atoms. The van der Waals surface area contributed by atoms with Crippen LogP contribution in [0.4, 0.5) is 0 Å². The molecular formula is C32H46N4O4. The number of carboxylic acid groups (broad SMARTS) is 1. The smallest absolute Gasteiger partial charge is 0.326 e. The molecule has 0 radical (unpaired) electrons. The molecular weight excluding hydrogens is 504 g/mol. The van der Waals surface area contributed by atoms with E-state index < -0.39 is 23.5 Å². The first-order valence-electron chi connectivity index (χ1n) is 14.6. The topological polar surface area (TPSA) is 105 Å². The van der Waals surface area contributed by atoms with E-state index in [1.807, 2.05) is 30.3 Å². The minimum atomic E-state index is -0.954. The third-order valence-corrected chi connectivity index (χ3v) is 8.49. The van der Waals surface area contributed by atoms with Gasteiger partial charge in [-0.25, -0.2) is 9.78 Å². The predicted molar refractivity (Wildman–Crippen MR) is 155 cm³/mol. The Bertz CT molecular complexity index is 1180. The highest BCUT2D eigenvalue weighted by atomic mass is 16.5. The van der Waals surface area contributed by atoms with Gasteiger partial charge in [-0.05, 0) is 23.8 Å². The summed E-state index contributed by atoms with van der Waals surface area (Å²) in [6.07, 6.45) is 6.56. The summed E-state index contributed by atoms with van der Waals surface area (Å²) in [6.45, 7) is 12.8. The Morgan fingerprint density at radius 1 is 1.05 bits per heavy atom. The van der Waals surface area contributed by atoms with Gasteiger partial charge in [-0.2, -0.15) is 4.98 Å². The molecule has 1 aliphatic heterocycles. The number of nitrogens with zero attached hydrogens (tertiary/aromatic N) is 3. The molecule has 218 valence electrons. The molecule has 0 bridgehead atoms. The van der Waals surface area contributed by atoms with E-state index in [1.165, 1.54) is 0 Å². The van der Waals surface area contributed by atoms with Gasteiger partial charge in [0.1, 0.15) is 11.9 Å². The number of methoxy groups -OCH3 is 1. The van der Waals surface area contributed by atoms with E-state index in [2.05, 4.69) is 56.8 Å². The predicted octanol–water partition coefficient (Wildman–Crippen LogP) is 5.52. The van der Waals surface area contributed by atoms with Gasteiger partial charge in [0.15, 0.2) is 0 Å². The number of likely N-dealkylation sites (tertiary alicyclic amines) is 1. The normalized spacial score (nSPS) is 24.2. The van der Waals surface area contributed by atoms with Gasteiger partial charge < -0.3 is 20.1 Å². The Morgan fingerprint density at radius 2 is 1.70 bits per heavy atom. The fraction of sp³-hybridized carbons (Fsp3) is 0.625. The molecule has 8 nitrogen and oxygen atoms in total. The van der Waals surface area contributed by atoms with Crippen LogP contribution in [-0.2, 0) is 21.5 Å². The first-order valence-corrected chi connectivity index (χ1v) is 14.6. The molecule has 0 unspecified atom stereocenters. The number of ether oxygens (including phenoxy) is 1. The summed E-state index contributed by atoms with van der Waals surface area (Å²) in [6, 6.07) is 8.18. The number of carbonyl (C=O) groups excluding carboxylic acids is 1. The van der Waals surface area contributed by atoms with Crippen molar-refractivity contribution in [2.24, 2.45) is 17.3 Å². The zero-order valence-electron chi connectivity index (χ0n) is 25.1. The number of aromatic nitrogens is 2. The minimum Gasteiger partial charge on any atom is -0.481 e. The Balaban J connectivity index is 1.78. The van der Waals surface area contributed by atoms with E-state index in [4.69, 9.17) is 4.74 Å². The van der Waals surface area contributed by atoms with Crippen LogP contribution < -0.4 is 10.1 Å². The van der Waals surface area contributed by atoms with E-state index in [9.17, 15) is 14.7 Å². The van der Waals surface area contributed by atoms with Crippen molar-refractivity contribution in [3.63, 3.8) is 0 Å². The van der Waals surface area contributed by atoms with Crippen molar-refractivity contribution in [2.75, 3.05) is 7.11 Å². The SMILES string of the molecule is COc1nc(C(C)(C)C)ncc1CN[C@H]1[C@H](C(C)(C)C)[C@@H](C(=O)O)N(C(=O)C2CCCCC2)[C@H]1c1ccccc1. The van der Waals surface area contributed by atoms with Crippen molar-refractivity contribution in [3.8, 4) is 5.88 Å². The zero-order valence-corrected chi connectivity index (χ0v) is 25.1. The lowest BCUT2D eigenvalue weighted by molar-refractivity contribution is -0.154. The lowest BCUT2D eigenvalue weighted by Crippen LogP contribution is -2.49. The van der Waals surface area contributed by atoms with Crippen molar-refractivity contribution >= 4 is 11.9 Å². The van der Waals surface area contributed by atoms with Crippen molar-refractivity contribution in [1.29, 1.82) is 0 Å². The Morgan fingerprint density at radius 3 is 2.25 bits per heavy atom. The molecule has 1 aliphatic carbocycles. The summed E-state index contributed by atoms with van der Waals surface area (Å²) in [5.74, 6) is -0.277. The molecule has 8 heteroatoms. The van der Waals surface area contributed by atoms with Gasteiger partial charge in [-0.1, -0.05) is 91.1 Å². The van der Waals surface area contributed by atoms with Crippen LogP contribution in [0, 0.1) is 17.3 Å². The fourth-order valence-corrected chi connectivity index (χ4v) is 6.57. The summed E-state index contributed by atoms with van der Waals surface area (Å²) in [5.41, 5.74) is 1.11. The maximum Gasteiger partial charge on any atom is 0.326 e. The molecule has 1 amide bonds. The maximum absolute atomic E-state index is 14.2. The highest BCUT2D eigenvalue weighted by molar-refractivity contribution is 5.87. The molecule has 1 saturated carbocycles. The highest BCUT2D eigenvalue weighted by Gasteiger charge is 2.58. The lowest BCUT2D eigenvalue weighted by Gasteiger charge is -2.36. The Kier molecular flexibility index (Phi) is 8.88. The summed E-state index contributed by atoms with van der Waals surface area (Å²) >= 11 is 0. The van der Waals surface area contributed by atoms with E-state index >= 15 is 0 Å². The molecule has 2 fully saturated rings. The highest BCUT2D eigenvalue weighted by Crippen LogP contribution is 2.49. The lowest BCUT2D eigenvalue weighted by atomic mass is 9.72. The number of carbonyl (C=O) groups is 2. The number of hydrogen-bond donors (Lipinski definition) is 2. The van der Waals surface area contributed by atoms with Gasteiger partial charge in [0.25, 0.3) is 0 Å². The average molecular weight is 551 g/mol. The van der Waals surface area contributed by atoms with Crippen LogP contribution >= 0.6 is 0 Å². The second kappa shape index (κ2) is 11.9. The number of benzene rings is 1. The first kappa shape index (κ1) is 30.0. The fourth-order valence-electron chi connectivity index (χ4n) is 6.57. The third-order valence-electron chi connectivity index (χ3n) is 8.49. The number of rotatable bonds is 7. The van der Waals surface area contributed by atoms with Crippen LogP contribution in [0.3, 0.4) is 0 Å². The number of aliphatic carboxylic acids is 1. The zero-order chi connectivity index (χ0) is 29.2. The molecule has 2 aromatic rings. The van der Waals surface area contributed by atoms with E-state index in [0.717, 1.165) is 43.2 Å². The largest absolute Gasteiger partial charge is 0.481 e. The van der Waals surface area contributed by atoms with Crippen LogP contribution in [0.1, 0.15) is 96.6 Å². The number of hydrogen-bond acceptors (Lipinski definition) is 6. The molecule has 40 heavy (non-hydrogen) atoms. The van der Waals surface area contributed by atoms with Crippen LogP contribution in [0.15, 0.2) is 36.5 Å². The van der Waals surface area contributed by atoms with Crippen molar-refractivity contribution in [3.05, 3.63) is 53.5 Å². The number of amides is 1. The molecule has 2 N–H and O–H groups in total. The van der Waals surface area contributed by atoms with Crippen molar-refractivity contribution in [2.45, 2.75) is 104 Å². The Hall–Kier alpha value is -3.00. The summed E-state index contributed by atoms with van der Waals surface area (Å²) in [5, 5.41) is 14.4. The molecule has 4 rings (SSSR count). The molecule has 1 aromatic carbocycles. The molecule has 4 atom stereocenters. The molecule has 1 saturated heterocycles. The second-order valence-electron chi connectivity index (χ2n) is 13.5. The van der Waals surface area contributed by atoms with Gasteiger partial charge in [0.2, 0.25) is 11.8 Å². The van der Waals surface area contributed by atoms with Gasteiger partial charge in [0.05, 0.1) is 13.2 Å². The van der Waals surface area contributed by atoms with Gasteiger partial charge in [-0.3, -0.25) is 4.79 Å². The van der Waals surface area contributed by atoms with Gasteiger partial charge in [0, 0.05) is 41.6 Å². The monoisotopic (exact) mass is 550 g/mol. The first-order chi connectivity index (χ1) is 18.8. The van der Waals surface area contributed by atoms with Crippen molar-refractivity contribution in [1.82, 2.24) is 20.2 Å². The van der Waals surface area contributed by atoms with Crippen LogP contribution in [0.2, 0.25) is 0 Å². The molecule has 2 heterocycles. The summed E-state index contributed by atoms with van der Waals surface area (Å²) < 4.78 is 5.65. The second-order valence-corrected chi connectivity index (χ2v) is 13.5. The van der Waals surface area contributed by atoms with E-state index in [-0.39, 0.29) is 29.2 Å².